The first-order chi connectivity index (χ1) is 13.3. The molecule has 4 aliphatic carbocycles. The van der Waals surface area contributed by atoms with Crippen LogP contribution in [0.1, 0.15) is 67.1 Å². The largest absolute Gasteiger partial charge is 0.393 e. The van der Waals surface area contributed by atoms with Crippen molar-refractivity contribution >= 4 is 5.57 Å². The molecule has 138 valence electrons. The SMILES string of the molecule is [2H]C1([2H])C=C(c2cccnc2)[C@@]2(C)CCC3C(CC=C4C[C@@H](O)CC[C@@]43C)C12. The molecule has 5 rings (SSSR count). The minimum atomic E-state index is -1.29. The molecule has 0 spiro atoms. The minimum Gasteiger partial charge on any atom is -0.393 e. The van der Waals surface area contributed by atoms with Gasteiger partial charge >= 0.3 is 0 Å². The number of nitrogens with zero attached hydrogens (tertiary/aromatic N) is 1. The highest BCUT2D eigenvalue weighted by molar-refractivity contribution is 5.72. The van der Waals surface area contributed by atoms with Gasteiger partial charge in [0.05, 0.1) is 6.10 Å². The number of aliphatic hydroxyl groups excluding tert-OH is 1. The Balaban J connectivity index is 1.56. The van der Waals surface area contributed by atoms with Crippen LogP contribution in [0.4, 0.5) is 0 Å². The van der Waals surface area contributed by atoms with E-state index >= 15 is 0 Å². The lowest BCUT2D eigenvalue weighted by molar-refractivity contribution is -0.0238. The van der Waals surface area contributed by atoms with E-state index in [-0.39, 0.29) is 22.9 Å². The van der Waals surface area contributed by atoms with Gasteiger partial charge in [-0.05, 0) is 90.7 Å². The number of aromatic nitrogens is 1. The Hall–Kier alpha value is -1.41. The Labute approximate surface area is 160 Å². The van der Waals surface area contributed by atoms with Crippen LogP contribution in [0.5, 0.6) is 0 Å². The Bertz CT molecular complexity index is 847. The van der Waals surface area contributed by atoms with Crippen molar-refractivity contribution in [1.29, 1.82) is 0 Å². The lowest BCUT2D eigenvalue weighted by Crippen LogP contribution is -2.49. The molecule has 1 heterocycles. The van der Waals surface area contributed by atoms with Gasteiger partial charge in [-0.15, -0.1) is 0 Å². The van der Waals surface area contributed by atoms with E-state index in [2.05, 4.69) is 31.0 Å². The predicted octanol–water partition coefficient (Wildman–Crippen LogP) is 5.40. The summed E-state index contributed by atoms with van der Waals surface area (Å²) in [6, 6.07) is 4.04. The maximum atomic E-state index is 10.2. The Kier molecular flexibility index (Phi) is 3.26. The Morgan fingerprint density at radius 3 is 2.81 bits per heavy atom. The van der Waals surface area contributed by atoms with Gasteiger partial charge in [-0.3, -0.25) is 4.98 Å². The van der Waals surface area contributed by atoms with Crippen LogP contribution in [0.2, 0.25) is 0 Å². The molecule has 0 amide bonds. The first-order valence-corrected chi connectivity index (χ1v) is 10.3. The third kappa shape index (κ3) is 2.24. The van der Waals surface area contributed by atoms with Crippen LogP contribution in [-0.2, 0) is 0 Å². The lowest BCUT2D eigenvalue weighted by Gasteiger charge is -2.57. The van der Waals surface area contributed by atoms with E-state index in [4.69, 9.17) is 2.74 Å². The summed E-state index contributed by atoms with van der Waals surface area (Å²) in [6.07, 6.45) is 12.4. The second-order valence-electron chi connectivity index (χ2n) is 9.45. The molecule has 3 unspecified atom stereocenters. The third-order valence-electron chi connectivity index (χ3n) is 8.24. The highest BCUT2D eigenvalue weighted by atomic mass is 16.3. The fourth-order valence-corrected chi connectivity index (χ4v) is 6.74. The van der Waals surface area contributed by atoms with Gasteiger partial charge < -0.3 is 5.11 Å². The highest BCUT2D eigenvalue weighted by Crippen LogP contribution is 2.66. The van der Waals surface area contributed by atoms with Crippen LogP contribution in [0.3, 0.4) is 0 Å². The molecule has 2 nitrogen and oxygen atoms in total. The number of hydrogen-bond acceptors (Lipinski definition) is 2. The number of allylic oxidation sites excluding steroid dienone is 3. The summed E-state index contributed by atoms with van der Waals surface area (Å²) in [7, 11) is 0. The molecule has 2 saturated carbocycles. The molecule has 2 heteroatoms. The maximum Gasteiger partial charge on any atom is 0.0577 e. The normalized spacial score (nSPS) is 47.5. The summed E-state index contributed by atoms with van der Waals surface area (Å²) in [6.45, 7) is 4.69. The molecule has 1 N–H and O–H groups in total. The van der Waals surface area contributed by atoms with Crippen LogP contribution in [0, 0.1) is 28.6 Å². The van der Waals surface area contributed by atoms with E-state index < -0.39 is 6.37 Å². The first-order valence-electron chi connectivity index (χ1n) is 11.3. The number of hydrogen-bond donors (Lipinski definition) is 1. The Morgan fingerprint density at radius 1 is 1.15 bits per heavy atom. The van der Waals surface area contributed by atoms with Crippen LogP contribution >= 0.6 is 0 Å². The predicted molar refractivity (Wildman–Crippen MR) is 105 cm³/mol. The Morgan fingerprint density at radius 2 is 2.00 bits per heavy atom. The zero-order valence-electron chi connectivity index (χ0n) is 17.9. The second-order valence-corrected chi connectivity index (χ2v) is 9.45. The van der Waals surface area contributed by atoms with Crippen molar-refractivity contribution in [3.8, 4) is 0 Å². The van der Waals surface area contributed by atoms with Gasteiger partial charge in [-0.1, -0.05) is 37.6 Å². The molecule has 0 bridgehead atoms. The number of aliphatic hydroxyl groups is 1. The highest BCUT2D eigenvalue weighted by Gasteiger charge is 2.56. The average molecular weight is 352 g/mol. The molecule has 0 aliphatic heterocycles. The van der Waals surface area contributed by atoms with Gasteiger partial charge in [0.1, 0.15) is 0 Å². The first kappa shape index (κ1) is 14.6. The summed E-state index contributed by atoms with van der Waals surface area (Å²) in [4.78, 5) is 4.30. The van der Waals surface area contributed by atoms with Gasteiger partial charge in [-0.25, -0.2) is 0 Å². The molecule has 0 saturated heterocycles. The van der Waals surface area contributed by atoms with Crippen molar-refractivity contribution < 1.29 is 7.85 Å². The smallest absolute Gasteiger partial charge is 0.0577 e. The van der Waals surface area contributed by atoms with Gasteiger partial charge in [0, 0.05) is 15.1 Å². The zero-order chi connectivity index (χ0) is 19.7. The van der Waals surface area contributed by atoms with Crippen LogP contribution in [-0.4, -0.2) is 16.2 Å². The van der Waals surface area contributed by atoms with Crippen molar-refractivity contribution in [2.24, 2.45) is 28.6 Å². The molecule has 1 aromatic heterocycles. The fraction of sp³-hybridized carbons (Fsp3) is 0.625. The number of rotatable bonds is 1. The van der Waals surface area contributed by atoms with E-state index in [0.717, 1.165) is 49.7 Å². The zero-order valence-corrected chi connectivity index (χ0v) is 15.9. The van der Waals surface area contributed by atoms with Crippen molar-refractivity contribution in [1.82, 2.24) is 4.98 Å². The second kappa shape index (κ2) is 5.79. The van der Waals surface area contributed by atoms with Gasteiger partial charge in [0.15, 0.2) is 0 Å². The van der Waals surface area contributed by atoms with Crippen molar-refractivity contribution in [3.05, 3.63) is 47.8 Å². The summed E-state index contributed by atoms with van der Waals surface area (Å²) in [5.41, 5.74) is 3.68. The molecule has 6 atom stereocenters. The van der Waals surface area contributed by atoms with E-state index in [1.165, 1.54) is 5.57 Å². The fourth-order valence-electron chi connectivity index (χ4n) is 6.74. The van der Waals surface area contributed by atoms with Crippen molar-refractivity contribution in [2.75, 3.05) is 0 Å². The third-order valence-corrected chi connectivity index (χ3v) is 8.24. The summed E-state index contributed by atoms with van der Waals surface area (Å²) in [5.74, 6) is 0.897. The molecule has 4 aliphatic rings. The summed E-state index contributed by atoms with van der Waals surface area (Å²) >= 11 is 0. The molecule has 0 radical (unpaired) electrons. The minimum absolute atomic E-state index is 0.00966. The van der Waals surface area contributed by atoms with E-state index in [9.17, 15) is 5.11 Å². The molecule has 26 heavy (non-hydrogen) atoms. The summed E-state index contributed by atoms with van der Waals surface area (Å²) in [5, 5.41) is 10.2. The van der Waals surface area contributed by atoms with Crippen LogP contribution < -0.4 is 0 Å². The monoisotopic (exact) mass is 351 g/mol. The topological polar surface area (TPSA) is 33.1 Å². The van der Waals surface area contributed by atoms with E-state index in [0.29, 0.717) is 11.8 Å². The van der Waals surface area contributed by atoms with Crippen LogP contribution in [0.25, 0.3) is 5.57 Å². The lowest BCUT2D eigenvalue weighted by atomic mass is 9.47. The van der Waals surface area contributed by atoms with Gasteiger partial charge in [0.2, 0.25) is 0 Å². The molecule has 2 fully saturated rings. The molecule has 0 aromatic carbocycles. The maximum absolute atomic E-state index is 10.2. The van der Waals surface area contributed by atoms with Crippen LogP contribution in [0.15, 0.2) is 42.3 Å². The summed E-state index contributed by atoms with van der Waals surface area (Å²) < 4.78 is 18.0. The van der Waals surface area contributed by atoms with Crippen molar-refractivity contribution in [3.63, 3.8) is 0 Å². The van der Waals surface area contributed by atoms with E-state index in [1.54, 1.807) is 6.20 Å². The average Bonchev–Trinajstić information content (AvgIpc) is 2.89. The molecular weight excluding hydrogens is 318 g/mol. The number of pyridine rings is 1. The van der Waals surface area contributed by atoms with Crippen molar-refractivity contribution in [2.45, 2.75) is 64.8 Å². The standard InChI is InChI=1S/C24H31NO/c1-23-11-9-18(26)14-17(23)5-6-19-21-8-7-20(16-4-3-13-25-15-16)24(21,2)12-10-22(19)23/h3-5,7,13,15,18-19,21-22,26H,6,8-12,14H2,1-2H3/t18-,19?,21?,22?,23-,24+/m0/s1/i8D2. The quantitative estimate of drug-likeness (QED) is 0.687. The number of fused-ring (bicyclic) bond motifs is 5. The molecule has 1 aromatic rings. The van der Waals surface area contributed by atoms with Gasteiger partial charge in [0.25, 0.3) is 0 Å². The van der Waals surface area contributed by atoms with Gasteiger partial charge in [-0.2, -0.15) is 0 Å². The molecular formula is C24H31NO. The van der Waals surface area contributed by atoms with E-state index in [1.807, 2.05) is 18.3 Å².